The first-order valence-corrected chi connectivity index (χ1v) is 7.98. The van der Waals surface area contributed by atoms with Crippen LogP contribution in [0, 0.1) is 17.2 Å². The van der Waals surface area contributed by atoms with Crippen LogP contribution in [0.25, 0.3) is 0 Å². The number of hydrogen-bond donors (Lipinski definition) is 1. The summed E-state index contributed by atoms with van der Waals surface area (Å²) >= 11 is 0. The standard InChI is InChI=1S/C18H25NO3/c1-3-14(2)8-6-4-5-7-11-22-17-10-9-15(18(20)21)12-16(17)13-19/h9-10,12,14H,3-8,11H2,1-2H3,(H,20,21). The normalized spacial score (nSPS) is 11.7. The number of benzene rings is 1. The Bertz CT molecular complexity index is 520. The molecule has 1 atom stereocenters. The molecule has 0 saturated heterocycles. The largest absolute Gasteiger partial charge is 0.492 e. The molecule has 0 radical (unpaired) electrons. The zero-order valence-electron chi connectivity index (χ0n) is 13.5. The van der Waals surface area contributed by atoms with Crippen LogP contribution in [0.15, 0.2) is 18.2 Å². The van der Waals surface area contributed by atoms with Gasteiger partial charge in [-0.25, -0.2) is 4.79 Å². The molecule has 1 aromatic rings. The van der Waals surface area contributed by atoms with Crippen molar-refractivity contribution in [3.05, 3.63) is 29.3 Å². The maximum absolute atomic E-state index is 10.9. The molecule has 0 fully saturated rings. The van der Waals surface area contributed by atoms with Crippen molar-refractivity contribution in [1.29, 1.82) is 5.26 Å². The number of nitrogens with zero attached hydrogens (tertiary/aromatic N) is 1. The Morgan fingerprint density at radius 1 is 1.32 bits per heavy atom. The highest BCUT2D eigenvalue weighted by atomic mass is 16.5. The van der Waals surface area contributed by atoms with Crippen LogP contribution in [0.5, 0.6) is 5.75 Å². The van der Waals surface area contributed by atoms with E-state index in [-0.39, 0.29) is 11.1 Å². The zero-order valence-corrected chi connectivity index (χ0v) is 13.5. The lowest BCUT2D eigenvalue weighted by atomic mass is 10.0. The van der Waals surface area contributed by atoms with Gasteiger partial charge in [-0.15, -0.1) is 0 Å². The predicted octanol–water partition coefficient (Wildman–Crippen LogP) is 4.63. The molecule has 1 aromatic carbocycles. The van der Waals surface area contributed by atoms with Crippen molar-refractivity contribution in [3.8, 4) is 11.8 Å². The fraction of sp³-hybridized carbons (Fsp3) is 0.556. The van der Waals surface area contributed by atoms with Crippen molar-refractivity contribution in [3.63, 3.8) is 0 Å². The maximum atomic E-state index is 10.9. The van der Waals surface area contributed by atoms with Gasteiger partial charge in [0.05, 0.1) is 17.7 Å². The molecule has 22 heavy (non-hydrogen) atoms. The van der Waals surface area contributed by atoms with Crippen molar-refractivity contribution >= 4 is 5.97 Å². The Balaban J connectivity index is 2.31. The summed E-state index contributed by atoms with van der Waals surface area (Å²) in [6.45, 7) is 5.07. The number of ether oxygens (including phenoxy) is 1. The van der Waals surface area contributed by atoms with Crippen LogP contribution in [0.1, 0.15) is 68.3 Å². The van der Waals surface area contributed by atoms with Crippen molar-refractivity contribution in [1.82, 2.24) is 0 Å². The Kier molecular flexibility index (Phi) is 8.06. The van der Waals surface area contributed by atoms with Gasteiger partial charge in [-0.2, -0.15) is 5.26 Å². The van der Waals surface area contributed by atoms with E-state index in [1.165, 1.54) is 37.8 Å². The van der Waals surface area contributed by atoms with Crippen LogP contribution in [0.2, 0.25) is 0 Å². The summed E-state index contributed by atoms with van der Waals surface area (Å²) in [4.78, 5) is 10.9. The van der Waals surface area contributed by atoms with Crippen LogP contribution in [-0.4, -0.2) is 17.7 Å². The summed E-state index contributed by atoms with van der Waals surface area (Å²) in [5.41, 5.74) is 0.380. The number of carbonyl (C=O) groups is 1. The van der Waals surface area contributed by atoms with Gasteiger partial charge in [-0.05, 0) is 30.5 Å². The third-order valence-electron chi connectivity index (χ3n) is 3.89. The molecule has 1 rings (SSSR count). The topological polar surface area (TPSA) is 70.3 Å². The molecule has 1 unspecified atom stereocenters. The molecule has 4 nitrogen and oxygen atoms in total. The predicted molar refractivity (Wildman–Crippen MR) is 86.2 cm³/mol. The molecule has 0 aliphatic rings. The summed E-state index contributed by atoms with van der Waals surface area (Å²) < 4.78 is 5.60. The number of hydrogen-bond acceptors (Lipinski definition) is 3. The van der Waals surface area contributed by atoms with Gasteiger partial charge in [-0.3, -0.25) is 0 Å². The highest BCUT2D eigenvalue weighted by Crippen LogP contribution is 2.20. The minimum atomic E-state index is -1.04. The zero-order chi connectivity index (χ0) is 16.4. The van der Waals surface area contributed by atoms with Crippen LogP contribution in [-0.2, 0) is 0 Å². The SMILES string of the molecule is CCC(C)CCCCCCOc1ccc(C(=O)O)cc1C#N. The third-order valence-corrected chi connectivity index (χ3v) is 3.89. The van der Waals surface area contributed by atoms with Gasteiger partial charge in [0, 0.05) is 0 Å². The summed E-state index contributed by atoms with van der Waals surface area (Å²) in [6.07, 6.45) is 7.05. The second-order valence-corrected chi connectivity index (χ2v) is 5.69. The maximum Gasteiger partial charge on any atom is 0.335 e. The van der Waals surface area contributed by atoms with Crippen LogP contribution in [0.3, 0.4) is 0 Å². The van der Waals surface area contributed by atoms with Gasteiger partial charge < -0.3 is 9.84 Å². The number of carboxylic acids is 1. The van der Waals surface area contributed by atoms with E-state index in [0.717, 1.165) is 18.8 Å². The van der Waals surface area contributed by atoms with E-state index in [9.17, 15) is 4.79 Å². The molecular weight excluding hydrogens is 278 g/mol. The first-order valence-electron chi connectivity index (χ1n) is 7.98. The summed E-state index contributed by atoms with van der Waals surface area (Å²) in [6, 6.07) is 6.36. The number of rotatable bonds is 10. The van der Waals surface area contributed by atoms with Crippen LogP contribution < -0.4 is 4.74 Å². The minimum absolute atomic E-state index is 0.106. The highest BCUT2D eigenvalue weighted by molar-refractivity contribution is 5.88. The molecule has 1 N–H and O–H groups in total. The Hall–Kier alpha value is -2.02. The van der Waals surface area contributed by atoms with Gasteiger partial charge in [0.1, 0.15) is 11.8 Å². The van der Waals surface area contributed by atoms with E-state index < -0.39 is 5.97 Å². The van der Waals surface area contributed by atoms with Crippen molar-refractivity contribution < 1.29 is 14.6 Å². The van der Waals surface area contributed by atoms with E-state index in [2.05, 4.69) is 13.8 Å². The number of nitriles is 1. The smallest absolute Gasteiger partial charge is 0.335 e. The lowest BCUT2D eigenvalue weighted by Gasteiger charge is -2.09. The molecule has 0 bridgehead atoms. The van der Waals surface area contributed by atoms with E-state index in [1.807, 2.05) is 6.07 Å². The Morgan fingerprint density at radius 2 is 2.05 bits per heavy atom. The lowest BCUT2D eigenvalue weighted by molar-refractivity contribution is 0.0697. The fourth-order valence-electron chi connectivity index (χ4n) is 2.21. The Morgan fingerprint density at radius 3 is 2.68 bits per heavy atom. The van der Waals surface area contributed by atoms with E-state index in [1.54, 1.807) is 6.07 Å². The van der Waals surface area contributed by atoms with Crippen molar-refractivity contribution in [2.75, 3.05) is 6.61 Å². The third kappa shape index (κ3) is 6.17. The van der Waals surface area contributed by atoms with Gasteiger partial charge in [0.2, 0.25) is 0 Å². The lowest BCUT2D eigenvalue weighted by Crippen LogP contribution is -2.02. The molecule has 0 saturated carbocycles. The number of unbranched alkanes of at least 4 members (excludes halogenated alkanes) is 3. The van der Waals surface area contributed by atoms with Gasteiger partial charge in [0.25, 0.3) is 0 Å². The van der Waals surface area contributed by atoms with Gasteiger partial charge in [0.15, 0.2) is 0 Å². The summed E-state index contributed by atoms with van der Waals surface area (Å²) in [7, 11) is 0. The fourth-order valence-corrected chi connectivity index (χ4v) is 2.21. The molecule has 0 aromatic heterocycles. The van der Waals surface area contributed by atoms with Gasteiger partial charge in [-0.1, -0.05) is 46.0 Å². The second-order valence-electron chi connectivity index (χ2n) is 5.69. The van der Waals surface area contributed by atoms with E-state index in [4.69, 9.17) is 15.1 Å². The average molecular weight is 303 g/mol. The minimum Gasteiger partial charge on any atom is -0.492 e. The van der Waals surface area contributed by atoms with Crippen LogP contribution >= 0.6 is 0 Å². The van der Waals surface area contributed by atoms with Gasteiger partial charge >= 0.3 is 5.97 Å². The van der Waals surface area contributed by atoms with Crippen LogP contribution in [0.4, 0.5) is 0 Å². The second kappa shape index (κ2) is 9.83. The molecule has 120 valence electrons. The first-order chi connectivity index (χ1) is 10.6. The monoisotopic (exact) mass is 303 g/mol. The van der Waals surface area contributed by atoms with Crippen molar-refractivity contribution in [2.24, 2.45) is 5.92 Å². The van der Waals surface area contributed by atoms with Crippen molar-refractivity contribution in [2.45, 2.75) is 52.4 Å². The average Bonchev–Trinajstić information content (AvgIpc) is 2.53. The first kappa shape index (κ1) is 18.0. The molecular formula is C18H25NO3. The van der Waals surface area contributed by atoms with E-state index >= 15 is 0 Å². The summed E-state index contributed by atoms with van der Waals surface area (Å²) in [5, 5.41) is 17.9. The molecule has 0 spiro atoms. The molecule has 0 heterocycles. The number of carboxylic acid groups (broad SMARTS) is 1. The summed E-state index contributed by atoms with van der Waals surface area (Å²) in [5.74, 6) is 0.235. The van der Waals surface area contributed by atoms with E-state index in [0.29, 0.717) is 12.4 Å². The highest BCUT2D eigenvalue weighted by Gasteiger charge is 2.09. The molecule has 0 aliphatic carbocycles. The number of aromatic carboxylic acids is 1. The quantitative estimate of drug-likeness (QED) is 0.640. The Labute approximate surface area is 132 Å². The molecule has 0 amide bonds. The molecule has 0 aliphatic heterocycles. The molecule has 4 heteroatoms.